The molecule has 0 saturated carbocycles. The molecule has 0 aromatic heterocycles. The van der Waals surface area contributed by atoms with Crippen molar-refractivity contribution >= 4 is 33.2 Å². The van der Waals surface area contributed by atoms with E-state index in [1.165, 1.54) is 12.1 Å². The summed E-state index contributed by atoms with van der Waals surface area (Å²) >= 11 is 9.52. The van der Waals surface area contributed by atoms with Crippen molar-refractivity contribution in [2.24, 2.45) is 0 Å². The maximum atomic E-state index is 13.2. The Bertz CT molecular complexity index is 559. The van der Waals surface area contributed by atoms with Crippen LogP contribution in [0.4, 0.5) is 10.1 Å². The molecule has 18 heavy (non-hydrogen) atoms. The molecule has 0 radical (unpaired) electrons. The van der Waals surface area contributed by atoms with Crippen LogP contribution < -0.4 is 5.32 Å². The van der Waals surface area contributed by atoms with Gasteiger partial charge < -0.3 is 5.32 Å². The van der Waals surface area contributed by atoms with E-state index in [2.05, 4.69) is 21.2 Å². The summed E-state index contributed by atoms with van der Waals surface area (Å²) in [4.78, 5) is 0. The molecular formula is C14H12BrClFN. The zero-order valence-corrected chi connectivity index (χ0v) is 12.1. The Balaban J connectivity index is 2.24. The Morgan fingerprint density at radius 3 is 2.67 bits per heavy atom. The van der Waals surface area contributed by atoms with Crippen LogP contribution in [0.5, 0.6) is 0 Å². The molecule has 4 heteroatoms. The lowest BCUT2D eigenvalue weighted by atomic mass is 10.1. The van der Waals surface area contributed by atoms with Gasteiger partial charge in [-0.25, -0.2) is 4.39 Å². The lowest BCUT2D eigenvalue weighted by Gasteiger charge is -2.18. The summed E-state index contributed by atoms with van der Waals surface area (Å²) in [6, 6.07) is 12.2. The molecule has 0 fully saturated rings. The SMILES string of the molecule is CC(Nc1cc(F)ccc1Cl)c1ccccc1Br. The van der Waals surface area contributed by atoms with E-state index in [-0.39, 0.29) is 11.9 Å². The van der Waals surface area contributed by atoms with Gasteiger partial charge in [0.05, 0.1) is 10.7 Å². The molecule has 1 N–H and O–H groups in total. The highest BCUT2D eigenvalue weighted by molar-refractivity contribution is 9.10. The van der Waals surface area contributed by atoms with Crippen molar-refractivity contribution in [1.82, 2.24) is 0 Å². The third-order valence-electron chi connectivity index (χ3n) is 2.67. The highest BCUT2D eigenvalue weighted by atomic mass is 79.9. The minimum Gasteiger partial charge on any atom is -0.377 e. The van der Waals surface area contributed by atoms with Crippen LogP contribution in [0.25, 0.3) is 0 Å². The van der Waals surface area contributed by atoms with Gasteiger partial charge in [0.15, 0.2) is 0 Å². The summed E-state index contributed by atoms with van der Waals surface area (Å²) in [6.07, 6.45) is 0. The number of nitrogens with one attached hydrogen (secondary N) is 1. The van der Waals surface area contributed by atoms with Gasteiger partial charge in [0.25, 0.3) is 0 Å². The van der Waals surface area contributed by atoms with Gasteiger partial charge in [-0.3, -0.25) is 0 Å². The quantitative estimate of drug-likeness (QED) is 0.794. The van der Waals surface area contributed by atoms with Crippen LogP contribution in [0.1, 0.15) is 18.5 Å². The van der Waals surface area contributed by atoms with Gasteiger partial charge in [-0.2, -0.15) is 0 Å². The van der Waals surface area contributed by atoms with Crippen molar-refractivity contribution in [3.05, 3.63) is 63.3 Å². The van der Waals surface area contributed by atoms with E-state index >= 15 is 0 Å². The number of hydrogen-bond donors (Lipinski definition) is 1. The summed E-state index contributed by atoms with van der Waals surface area (Å²) in [7, 11) is 0. The maximum Gasteiger partial charge on any atom is 0.125 e. The topological polar surface area (TPSA) is 12.0 Å². The lowest BCUT2D eigenvalue weighted by Crippen LogP contribution is -2.07. The fraction of sp³-hybridized carbons (Fsp3) is 0.143. The van der Waals surface area contributed by atoms with E-state index in [1.54, 1.807) is 6.07 Å². The average molecular weight is 329 g/mol. The van der Waals surface area contributed by atoms with Crippen molar-refractivity contribution in [1.29, 1.82) is 0 Å². The standard InChI is InChI=1S/C14H12BrClFN/c1-9(11-4-2-3-5-12(11)15)18-14-8-10(17)6-7-13(14)16/h2-9,18H,1H3. The van der Waals surface area contributed by atoms with E-state index < -0.39 is 0 Å². The molecule has 0 saturated heterocycles. The van der Waals surface area contributed by atoms with Crippen LogP contribution in [0.3, 0.4) is 0 Å². The first-order valence-corrected chi connectivity index (χ1v) is 6.71. The van der Waals surface area contributed by atoms with Gasteiger partial charge in [0, 0.05) is 10.5 Å². The van der Waals surface area contributed by atoms with Crippen LogP contribution in [0, 0.1) is 5.82 Å². The number of rotatable bonds is 3. The van der Waals surface area contributed by atoms with Crippen LogP contribution >= 0.6 is 27.5 Å². The average Bonchev–Trinajstić information content (AvgIpc) is 2.34. The van der Waals surface area contributed by atoms with Gasteiger partial charge in [0.1, 0.15) is 5.82 Å². The first-order chi connectivity index (χ1) is 8.58. The molecule has 0 amide bonds. The van der Waals surface area contributed by atoms with E-state index in [1.807, 2.05) is 31.2 Å². The summed E-state index contributed by atoms with van der Waals surface area (Å²) in [6.45, 7) is 2.00. The molecule has 0 aliphatic rings. The monoisotopic (exact) mass is 327 g/mol. The fourth-order valence-corrected chi connectivity index (χ4v) is 2.55. The molecular weight excluding hydrogens is 317 g/mol. The molecule has 2 aromatic rings. The molecule has 0 bridgehead atoms. The minimum absolute atomic E-state index is 0.0277. The number of halogens is 3. The Morgan fingerprint density at radius 1 is 1.22 bits per heavy atom. The highest BCUT2D eigenvalue weighted by Crippen LogP contribution is 2.29. The van der Waals surface area contributed by atoms with E-state index in [0.717, 1.165) is 10.0 Å². The Labute approximate surface area is 119 Å². The molecule has 0 aliphatic carbocycles. The largest absolute Gasteiger partial charge is 0.377 e. The van der Waals surface area contributed by atoms with Crippen molar-refractivity contribution in [3.63, 3.8) is 0 Å². The van der Waals surface area contributed by atoms with E-state index in [9.17, 15) is 4.39 Å². The molecule has 94 valence electrons. The third-order valence-corrected chi connectivity index (χ3v) is 3.72. The second-order valence-electron chi connectivity index (χ2n) is 4.01. The maximum absolute atomic E-state index is 13.2. The Kier molecular flexibility index (Phi) is 4.25. The lowest BCUT2D eigenvalue weighted by molar-refractivity contribution is 0.628. The van der Waals surface area contributed by atoms with Crippen LogP contribution in [0.15, 0.2) is 46.9 Å². The molecule has 1 unspecified atom stereocenters. The van der Waals surface area contributed by atoms with Gasteiger partial charge in [-0.15, -0.1) is 0 Å². The summed E-state index contributed by atoms with van der Waals surface area (Å²) in [5.41, 5.74) is 1.69. The molecule has 2 rings (SSSR count). The van der Waals surface area contributed by atoms with Crippen molar-refractivity contribution in [2.45, 2.75) is 13.0 Å². The summed E-state index contributed by atoms with van der Waals surface area (Å²) in [5, 5.41) is 3.72. The predicted molar refractivity (Wildman–Crippen MR) is 77.6 cm³/mol. The summed E-state index contributed by atoms with van der Waals surface area (Å²) < 4.78 is 14.2. The Hall–Kier alpha value is -1.06. The normalized spacial score (nSPS) is 12.2. The van der Waals surface area contributed by atoms with Gasteiger partial charge in [0.2, 0.25) is 0 Å². The first-order valence-electron chi connectivity index (χ1n) is 5.54. The van der Waals surface area contributed by atoms with Gasteiger partial charge >= 0.3 is 0 Å². The number of anilines is 1. The molecule has 0 aliphatic heterocycles. The van der Waals surface area contributed by atoms with Crippen molar-refractivity contribution < 1.29 is 4.39 Å². The Morgan fingerprint density at radius 2 is 1.94 bits per heavy atom. The highest BCUT2D eigenvalue weighted by Gasteiger charge is 2.10. The number of hydrogen-bond acceptors (Lipinski definition) is 1. The molecule has 1 atom stereocenters. The predicted octanol–water partition coefficient (Wildman–Crippen LogP) is 5.41. The molecule has 0 spiro atoms. The minimum atomic E-state index is -0.304. The van der Waals surface area contributed by atoms with Crippen LogP contribution in [0.2, 0.25) is 5.02 Å². The van der Waals surface area contributed by atoms with Crippen molar-refractivity contribution in [3.8, 4) is 0 Å². The fourth-order valence-electron chi connectivity index (χ4n) is 1.75. The zero-order chi connectivity index (χ0) is 13.1. The van der Waals surface area contributed by atoms with Crippen molar-refractivity contribution in [2.75, 3.05) is 5.32 Å². The number of benzene rings is 2. The van der Waals surface area contributed by atoms with E-state index in [0.29, 0.717) is 10.7 Å². The van der Waals surface area contributed by atoms with Crippen LogP contribution in [-0.2, 0) is 0 Å². The van der Waals surface area contributed by atoms with Gasteiger partial charge in [-0.05, 0) is 36.8 Å². The zero-order valence-electron chi connectivity index (χ0n) is 9.75. The molecule has 1 nitrogen and oxygen atoms in total. The van der Waals surface area contributed by atoms with Gasteiger partial charge in [-0.1, -0.05) is 45.7 Å². The second-order valence-corrected chi connectivity index (χ2v) is 5.27. The molecule has 0 heterocycles. The third kappa shape index (κ3) is 3.03. The first kappa shape index (κ1) is 13.4. The molecule has 2 aromatic carbocycles. The summed E-state index contributed by atoms with van der Waals surface area (Å²) in [5.74, 6) is -0.304. The van der Waals surface area contributed by atoms with E-state index in [4.69, 9.17) is 11.6 Å². The smallest absolute Gasteiger partial charge is 0.125 e. The van der Waals surface area contributed by atoms with Crippen LogP contribution in [-0.4, -0.2) is 0 Å². The second kappa shape index (κ2) is 5.72.